The Morgan fingerprint density at radius 2 is 1.22 bits per heavy atom. The average Bonchev–Trinajstić information content (AvgIpc) is 2.39. The predicted molar refractivity (Wildman–Crippen MR) is 72.3 cm³/mol. The molecule has 18 heavy (non-hydrogen) atoms. The van der Waals surface area contributed by atoms with Gasteiger partial charge in [-0.2, -0.15) is 0 Å². The van der Waals surface area contributed by atoms with Crippen LogP contribution in [0.1, 0.15) is 11.1 Å². The van der Waals surface area contributed by atoms with Crippen molar-refractivity contribution in [2.75, 3.05) is 0 Å². The number of benzene rings is 2. The molecular formula is C14H14O3S. The summed E-state index contributed by atoms with van der Waals surface area (Å²) in [6.07, 6.45) is 0. The Morgan fingerprint density at radius 3 is 1.78 bits per heavy atom. The summed E-state index contributed by atoms with van der Waals surface area (Å²) in [5.41, 5.74) is 2.36. The van der Waals surface area contributed by atoms with Gasteiger partial charge in [0.2, 0.25) is 0 Å². The summed E-state index contributed by atoms with van der Waals surface area (Å²) in [6, 6.07) is 15.3. The van der Waals surface area contributed by atoms with Crippen molar-refractivity contribution in [2.45, 2.75) is 13.8 Å². The highest BCUT2D eigenvalue weighted by molar-refractivity contribution is 7.90. The van der Waals surface area contributed by atoms with E-state index in [4.69, 9.17) is 13.4 Å². The zero-order valence-corrected chi connectivity index (χ0v) is 11.1. The van der Waals surface area contributed by atoms with Gasteiger partial charge in [0.1, 0.15) is 5.75 Å². The SMILES string of the molecule is Cc1ccc(OOSOc2ccc(C)cc2)cc1. The smallest absolute Gasteiger partial charge is 0.271 e. The quantitative estimate of drug-likeness (QED) is 0.348. The highest BCUT2D eigenvalue weighted by atomic mass is 32.2. The average molecular weight is 262 g/mol. The van der Waals surface area contributed by atoms with Crippen LogP contribution in [0.4, 0.5) is 0 Å². The fourth-order valence-corrected chi connectivity index (χ4v) is 1.62. The largest absolute Gasteiger partial charge is 0.398 e. The van der Waals surface area contributed by atoms with Gasteiger partial charge in [-0.25, -0.2) is 0 Å². The van der Waals surface area contributed by atoms with Crippen molar-refractivity contribution in [1.29, 1.82) is 0 Å². The van der Waals surface area contributed by atoms with Gasteiger partial charge < -0.3 is 9.07 Å². The fourth-order valence-electron chi connectivity index (χ4n) is 1.29. The number of rotatable bonds is 5. The van der Waals surface area contributed by atoms with E-state index < -0.39 is 0 Å². The van der Waals surface area contributed by atoms with Crippen LogP contribution in [0.2, 0.25) is 0 Å². The van der Waals surface area contributed by atoms with Crippen molar-refractivity contribution in [3.05, 3.63) is 59.7 Å². The number of aryl methyl sites for hydroxylation is 2. The van der Waals surface area contributed by atoms with Gasteiger partial charge in [-0.15, -0.1) is 0 Å². The van der Waals surface area contributed by atoms with Gasteiger partial charge >= 0.3 is 0 Å². The molecule has 0 amide bonds. The molecule has 0 aliphatic heterocycles. The van der Waals surface area contributed by atoms with E-state index in [0.717, 1.165) is 18.1 Å². The van der Waals surface area contributed by atoms with Crippen molar-refractivity contribution >= 4 is 12.3 Å². The van der Waals surface area contributed by atoms with Gasteiger partial charge in [-0.1, -0.05) is 39.7 Å². The van der Waals surface area contributed by atoms with Crippen LogP contribution in [-0.4, -0.2) is 0 Å². The summed E-state index contributed by atoms with van der Waals surface area (Å²) < 4.78 is 10.2. The first-order valence-corrected chi connectivity index (χ1v) is 6.22. The van der Waals surface area contributed by atoms with Crippen molar-refractivity contribution in [3.63, 3.8) is 0 Å². The summed E-state index contributed by atoms with van der Waals surface area (Å²) in [5.74, 6) is 1.36. The Bertz CT molecular complexity index is 432. The molecule has 3 nitrogen and oxygen atoms in total. The lowest BCUT2D eigenvalue weighted by atomic mass is 10.2. The van der Waals surface area contributed by atoms with E-state index in [-0.39, 0.29) is 0 Å². The standard InChI is InChI=1S/C14H14O3S/c1-11-3-7-13(8-4-11)15-17-18-16-14-9-5-12(2)6-10-14/h3-10H,1-2H3. The van der Waals surface area contributed by atoms with Gasteiger partial charge in [-0.3, -0.25) is 0 Å². The second-order valence-corrected chi connectivity index (χ2v) is 4.37. The van der Waals surface area contributed by atoms with Crippen LogP contribution in [0.25, 0.3) is 0 Å². The van der Waals surface area contributed by atoms with E-state index in [1.54, 1.807) is 0 Å². The van der Waals surface area contributed by atoms with E-state index in [9.17, 15) is 0 Å². The van der Waals surface area contributed by atoms with Crippen LogP contribution in [0.15, 0.2) is 48.5 Å². The van der Waals surface area contributed by atoms with E-state index in [1.807, 2.05) is 62.4 Å². The molecule has 2 rings (SSSR count). The fraction of sp³-hybridized carbons (Fsp3) is 0.143. The molecule has 0 fully saturated rings. The molecule has 0 radical (unpaired) electrons. The highest BCUT2D eigenvalue weighted by Gasteiger charge is 1.98. The van der Waals surface area contributed by atoms with Crippen molar-refractivity contribution in [1.82, 2.24) is 0 Å². The van der Waals surface area contributed by atoms with Crippen molar-refractivity contribution in [2.24, 2.45) is 0 Å². The third kappa shape index (κ3) is 3.98. The van der Waals surface area contributed by atoms with Crippen LogP contribution in [0.5, 0.6) is 11.5 Å². The van der Waals surface area contributed by atoms with Gasteiger partial charge in [0.25, 0.3) is 12.3 Å². The Morgan fingerprint density at radius 1 is 0.722 bits per heavy atom. The maximum Gasteiger partial charge on any atom is 0.271 e. The van der Waals surface area contributed by atoms with Crippen molar-refractivity contribution < 1.29 is 13.4 Å². The second kappa shape index (κ2) is 6.33. The molecule has 2 aromatic carbocycles. The molecule has 4 heteroatoms. The van der Waals surface area contributed by atoms with Gasteiger partial charge in [0.15, 0.2) is 5.75 Å². The molecule has 0 saturated carbocycles. The predicted octanol–water partition coefficient (Wildman–Crippen LogP) is 4.26. The minimum Gasteiger partial charge on any atom is -0.398 e. The van der Waals surface area contributed by atoms with Crippen LogP contribution in [-0.2, 0) is 4.33 Å². The Kier molecular flexibility index (Phi) is 4.50. The van der Waals surface area contributed by atoms with Crippen LogP contribution in [0.3, 0.4) is 0 Å². The van der Waals surface area contributed by atoms with Crippen LogP contribution < -0.4 is 9.07 Å². The van der Waals surface area contributed by atoms with Gasteiger partial charge in [-0.05, 0) is 38.1 Å². The maximum atomic E-state index is 5.28. The first-order valence-electron chi connectivity index (χ1n) is 5.55. The molecule has 94 valence electrons. The lowest BCUT2D eigenvalue weighted by Crippen LogP contribution is -1.92. The Hall–Kier alpha value is -1.65. The topological polar surface area (TPSA) is 27.7 Å². The number of hydrogen-bond acceptors (Lipinski definition) is 4. The zero-order valence-electron chi connectivity index (χ0n) is 10.3. The lowest BCUT2D eigenvalue weighted by molar-refractivity contribution is -0.0833. The summed E-state index contributed by atoms with van der Waals surface area (Å²) in [4.78, 5) is 5.04. The minimum atomic E-state index is 0.639. The third-order valence-corrected chi connectivity index (χ3v) is 2.71. The minimum absolute atomic E-state index is 0.639. The van der Waals surface area contributed by atoms with Crippen LogP contribution >= 0.6 is 12.3 Å². The van der Waals surface area contributed by atoms with Gasteiger partial charge in [0.05, 0.1) is 0 Å². The van der Waals surface area contributed by atoms with Crippen LogP contribution in [0, 0.1) is 13.8 Å². The first kappa shape index (κ1) is 12.8. The second-order valence-electron chi connectivity index (χ2n) is 3.93. The van der Waals surface area contributed by atoms with Crippen molar-refractivity contribution in [3.8, 4) is 11.5 Å². The molecule has 0 heterocycles. The maximum absolute atomic E-state index is 5.28. The third-order valence-electron chi connectivity index (χ3n) is 2.33. The van der Waals surface area contributed by atoms with E-state index >= 15 is 0 Å². The monoisotopic (exact) mass is 262 g/mol. The van der Waals surface area contributed by atoms with Gasteiger partial charge in [0, 0.05) is 0 Å². The first-order chi connectivity index (χ1) is 8.74. The van der Waals surface area contributed by atoms with E-state index in [0.29, 0.717) is 5.75 Å². The van der Waals surface area contributed by atoms with E-state index in [2.05, 4.69) is 0 Å². The molecule has 0 aliphatic rings. The molecule has 2 aromatic rings. The molecule has 0 N–H and O–H groups in total. The summed E-state index contributed by atoms with van der Waals surface area (Å²) in [6.45, 7) is 4.04. The summed E-state index contributed by atoms with van der Waals surface area (Å²) in [5, 5.41) is 0. The molecule has 0 bridgehead atoms. The molecule has 0 spiro atoms. The van der Waals surface area contributed by atoms with E-state index in [1.165, 1.54) is 11.1 Å². The summed E-state index contributed by atoms with van der Waals surface area (Å²) in [7, 11) is 0. The molecular weight excluding hydrogens is 248 g/mol. The highest BCUT2D eigenvalue weighted by Crippen LogP contribution is 2.19. The Labute approximate surface area is 111 Å². The lowest BCUT2D eigenvalue weighted by Gasteiger charge is -2.04. The molecule has 0 aliphatic carbocycles. The molecule has 0 saturated heterocycles. The Balaban J connectivity index is 1.73. The summed E-state index contributed by atoms with van der Waals surface area (Å²) >= 11 is 0.789. The molecule has 0 aromatic heterocycles. The number of hydrogen-bond donors (Lipinski definition) is 0. The molecule has 0 unspecified atom stereocenters. The molecule has 0 atom stereocenters. The zero-order chi connectivity index (χ0) is 12.8. The normalized spacial score (nSPS) is 10.1.